The van der Waals surface area contributed by atoms with Crippen LogP contribution in [0.4, 0.5) is 0 Å². The van der Waals surface area contributed by atoms with E-state index in [0.717, 1.165) is 35.8 Å². The largest absolute Gasteiger partial charge is 0.451 e. The van der Waals surface area contributed by atoms with Crippen LogP contribution in [0.5, 0.6) is 0 Å². The highest BCUT2D eigenvalue weighted by atomic mass is 35.5. The van der Waals surface area contributed by atoms with E-state index >= 15 is 0 Å². The van der Waals surface area contributed by atoms with Crippen LogP contribution in [-0.2, 0) is 14.3 Å². The van der Waals surface area contributed by atoms with E-state index in [1.807, 2.05) is 24.3 Å². The number of benzene rings is 1. The summed E-state index contributed by atoms with van der Waals surface area (Å²) in [6.45, 7) is 1.19. The molecule has 1 saturated carbocycles. The second-order valence-electron chi connectivity index (χ2n) is 6.55. The number of hydrogen-bond acceptors (Lipinski definition) is 5. The van der Waals surface area contributed by atoms with E-state index < -0.39 is 18.0 Å². The van der Waals surface area contributed by atoms with Crippen molar-refractivity contribution in [2.75, 3.05) is 6.54 Å². The molecule has 0 bridgehead atoms. The van der Waals surface area contributed by atoms with Crippen LogP contribution in [0.1, 0.15) is 42.3 Å². The van der Waals surface area contributed by atoms with Gasteiger partial charge in [0.25, 0.3) is 11.8 Å². The van der Waals surface area contributed by atoms with Crippen LogP contribution in [0.2, 0.25) is 5.02 Å². The molecule has 2 amide bonds. The number of ether oxygens (including phenoxy) is 1. The first-order valence-electron chi connectivity index (χ1n) is 8.91. The third-order valence-corrected chi connectivity index (χ3v) is 6.19. The third-order valence-electron chi connectivity index (χ3n) is 4.51. The number of hydrogen-bond donors (Lipinski definition) is 2. The number of carbonyl (C=O) groups is 3. The third kappa shape index (κ3) is 4.78. The van der Waals surface area contributed by atoms with Crippen LogP contribution in [-0.4, -0.2) is 36.5 Å². The number of fused-ring (bicyclic) bond motifs is 1. The number of esters is 1. The quantitative estimate of drug-likeness (QED) is 0.718. The summed E-state index contributed by atoms with van der Waals surface area (Å²) >= 11 is 7.51. The minimum Gasteiger partial charge on any atom is -0.451 e. The van der Waals surface area contributed by atoms with Crippen molar-refractivity contribution in [3.63, 3.8) is 0 Å². The van der Waals surface area contributed by atoms with Gasteiger partial charge in [0, 0.05) is 16.1 Å². The van der Waals surface area contributed by atoms with Gasteiger partial charge < -0.3 is 15.4 Å². The highest BCUT2D eigenvalue weighted by Gasteiger charge is 2.23. The molecule has 1 atom stereocenters. The molecule has 2 aromatic rings. The Kier molecular flexibility index (Phi) is 6.34. The molecule has 0 radical (unpaired) electrons. The van der Waals surface area contributed by atoms with E-state index in [1.165, 1.54) is 18.3 Å². The summed E-state index contributed by atoms with van der Waals surface area (Å²) in [5, 5.41) is 6.54. The number of carbonyl (C=O) groups excluding carboxylic acids is 3. The van der Waals surface area contributed by atoms with E-state index in [-0.39, 0.29) is 18.5 Å². The lowest BCUT2D eigenvalue weighted by atomic mass is 10.2. The molecule has 27 heavy (non-hydrogen) atoms. The average molecular weight is 409 g/mol. The predicted octanol–water partition coefficient (Wildman–Crippen LogP) is 3.28. The van der Waals surface area contributed by atoms with Crippen molar-refractivity contribution in [3.05, 3.63) is 34.2 Å². The Hall–Kier alpha value is -2.12. The van der Waals surface area contributed by atoms with Crippen molar-refractivity contribution in [2.45, 2.75) is 44.8 Å². The van der Waals surface area contributed by atoms with Crippen LogP contribution in [0.25, 0.3) is 10.1 Å². The second-order valence-corrected chi connectivity index (χ2v) is 7.98. The fourth-order valence-electron chi connectivity index (χ4n) is 3.07. The number of amides is 2. The lowest BCUT2D eigenvalue weighted by Crippen LogP contribution is -2.42. The van der Waals surface area contributed by atoms with Crippen molar-refractivity contribution >= 4 is 50.8 Å². The molecule has 0 aliphatic heterocycles. The van der Waals surface area contributed by atoms with Gasteiger partial charge in [0.1, 0.15) is 11.4 Å². The zero-order valence-electron chi connectivity index (χ0n) is 14.9. The van der Waals surface area contributed by atoms with Crippen molar-refractivity contribution < 1.29 is 19.1 Å². The van der Waals surface area contributed by atoms with Crippen LogP contribution < -0.4 is 10.6 Å². The summed E-state index contributed by atoms with van der Waals surface area (Å²) in [6.07, 6.45) is 3.22. The molecular weight excluding hydrogens is 388 g/mol. The molecule has 1 unspecified atom stereocenters. The van der Waals surface area contributed by atoms with Crippen LogP contribution in [0.15, 0.2) is 24.3 Å². The monoisotopic (exact) mass is 408 g/mol. The minimum absolute atomic E-state index is 0.161. The molecule has 144 valence electrons. The van der Waals surface area contributed by atoms with Gasteiger partial charge in [-0.15, -0.1) is 11.3 Å². The summed E-state index contributed by atoms with van der Waals surface area (Å²) in [5.41, 5.74) is 0. The lowest BCUT2D eigenvalue weighted by molar-refractivity contribution is -0.154. The summed E-state index contributed by atoms with van der Waals surface area (Å²) in [5.74, 6) is -1.43. The average Bonchev–Trinajstić information content (AvgIpc) is 3.28. The first kappa shape index (κ1) is 19.6. The number of nitrogens with one attached hydrogen (secondary N) is 2. The van der Waals surface area contributed by atoms with Crippen molar-refractivity contribution in [1.82, 2.24) is 10.6 Å². The Labute approximate surface area is 166 Å². The van der Waals surface area contributed by atoms with Crippen molar-refractivity contribution in [1.29, 1.82) is 0 Å². The zero-order chi connectivity index (χ0) is 19.4. The number of rotatable bonds is 6. The van der Waals surface area contributed by atoms with E-state index in [0.29, 0.717) is 9.90 Å². The van der Waals surface area contributed by atoms with Gasteiger partial charge >= 0.3 is 5.97 Å². The maximum atomic E-state index is 12.3. The summed E-state index contributed by atoms with van der Waals surface area (Å²) in [6, 6.07) is 7.59. The lowest BCUT2D eigenvalue weighted by Gasteiger charge is -2.17. The molecule has 0 saturated heterocycles. The first-order chi connectivity index (χ1) is 13.0. The molecule has 1 fully saturated rings. The van der Waals surface area contributed by atoms with Gasteiger partial charge in [0.2, 0.25) is 0 Å². The topological polar surface area (TPSA) is 84.5 Å². The number of halogens is 1. The molecule has 2 N–H and O–H groups in total. The zero-order valence-corrected chi connectivity index (χ0v) is 16.5. The Morgan fingerprint density at radius 1 is 1.26 bits per heavy atom. The predicted molar refractivity (Wildman–Crippen MR) is 105 cm³/mol. The van der Waals surface area contributed by atoms with Gasteiger partial charge in [0.05, 0.1) is 5.02 Å². The Bertz CT molecular complexity index is 861. The molecule has 0 spiro atoms. The molecule has 1 aromatic carbocycles. The molecular formula is C19H21ClN2O4S. The fraction of sp³-hybridized carbons (Fsp3) is 0.421. The summed E-state index contributed by atoms with van der Waals surface area (Å²) < 4.78 is 6.00. The van der Waals surface area contributed by atoms with E-state index in [4.69, 9.17) is 16.3 Å². The van der Waals surface area contributed by atoms with Crippen LogP contribution in [0, 0.1) is 0 Å². The summed E-state index contributed by atoms with van der Waals surface area (Å²) in [4.78, 5) is 36.7. The molecule has 1 heterocycles. The van der Waals surface area contributed by atoms with Crippen LogP contribution >= 0.6 is 22.9 Å². The van der Waals surface area contributed by atoms with Gasteiger partial charge in [-0.25, -0.2) is 0 Å². The van der Waals surface area contributed by atoms with Gasteiger partial charge in [0.15, 0.2) is 6.10 Å². The first-order valence-corrected chi connectivity index (χ1v) is 10.1. The molecule has 1 aliphatic rings. The van der Waals surface area contributed by atoms with E-state index in [2.05, 4.69) is 10.6 Å². The maximum absolute atomic E-state index is 12.3. The van der Waals surface area contributed by atoms with Gasteiger partial charge in [-0.2, -0.15) is 0 Å². The molecule has 1 aromatic heterocycles. The Balaban J connectivity index is 1.49. The Morgan fingerprint density at radius 3 is 2.67 bits per heavy atom. The smallest absolute Gasteiger partial charge is 0.326 e. The van der Waals surface area contributed by atoms with Crippen molar-refractivity contribution in [3.8, 4) is 0 Å². The van der Waals surface area contributed by atoms with Gasteiger partial charge in [-0.3, -0.25) is 14.4 Å². The Morgan fingerprint density at radius 2 is 1.96 bits per heavy atom. The standard InChI is InChI=1S/C19H21ClN2O4S/c1-11(18(24)22-12-6-2-3-7-12)26-15(23)10-21-19(25)17-16(20)13-8-4-5-9-14(13)27-17/h4-5,8-9,11-12H,2-3,6-7,10H2,1H3,(H,21,25)(H,22,24). The summed E-state index contributed by atoms with van der Waals surface area (Å²) in [7, 11) is 0. The SMILES string of the molecule is CC(OC(=O)CNC(=O)c1sc2ccccc2c1Cl)C(=O)NC1CCCC1. The normalized spacial score (nSPS) is 15.5. The maximum Gasteiger partial charge on any atom is 0.326 e. The molecule has 6 nitrogen and oxygen atoms in total. The minimum atomic E-state index is -0.900. The molecule has 3 rings (SSSR count). The highest BCUT2D eigenvalue weighted by Crippen LogP contribution is 2.34. The van der Waals surface area contributed by atoms with E-state index in [9.17, 15) is 14.4 Å². The van der Waals surface area contributed by atoms with E-state index in [1.54, 1.807) is 0 Å². The highest BCUT2D eigenvalue weighted by molar-refractivity contribution is 7.21. The van der Waals surface area contributed by atoms with Gasteiger partial charge in [-0.05, 0) is 25.8 Å². The molecule has 8 heteroatoms. The second kappa shape index (κ2) is 8.71. The number of thiophene rings is 1. The van der Waals surface area contributed by atoms with Crippen molar-refractivity contribution in [2.24, 2.45) is 0 Å². The fourth-order valence-corrected chi connectivity index (χ4v) is 4.51. The molecule has 1 aliphatic carbocycles. The van der Waals surface area contributed by atoms with Crippen LogP contribution in [0.3, 0.4) is 0 Å². The van der Waals surface area contributed by atoms with Gasteiger partial charge in [-0.1, -0.05) is 42.6 Å².